The van der Waals surface area contributed by atoms with Crippen LogP contribution in [0.1, 0.15) is 43.7 Å². The second kappa shape index (κ2) is 6.86. The monoisotopic (exact) mass is 343 g/mol. The van der Waals surface area contributed by atoms with E-state index in [1.54, 1.807) is 12.1 Å². The van der Waals surface area contributed by atoms with Gasteiger partial charge in [-0.25, -0.2) is 17.6 Å². The average Bonchev–Trinajstić information content (AvgIpc) is 2.43. The summed E-state index contributed by atoms with van der Waals surface area (Å²) in [6.07, 6.45) is 0.256. The molecule has 0 aliphatic carbocycles. The first kappa shape index (κ1) is 17.7. The summed E-state index contributed by atoms with van der Waals surface area (Å²) in [6.45, 7) is 3.88. The van der Waals surface area contributed by atoms with Crippen molar-refractivity contribution in [2.75, 3.05) is 11.5 Å². The second-order valence-corrected chi connectivity index (χ2v) is 8.69. The number of amides is 1. The summed E-state index contributed by atoms with van der Waals surface area (Å²) in [4.78, 5) is 11.0. The number of carbonyl (C=O) groups is 1. The highest BCUT2D eigenvalue weighted by Gasteiger charge is 2.28. The molecule has 1 heterocycles. The summed E-state index contributed by atoms with van der Waals surface area (Å²) in [5.41, 5.74) is 5.85. The first-order valence-electron chi connectivity index (χ1n) is 7.68. The fourth-order valence-corrected chi connectivity index (χ4v) is 4.43. The Hall–Kier alpha value is -1.63. The van der Waals surface area contributed by atoms with Crippen molar-refractivity contribution in [2.24, 2.45) is 11.7 Å². The maximum Gasteiger partial charge on any atom is 0.409 e. The fraction of sp³-hybridized carbons (Fsp3) is 0.562. The molecule has 1 aromatic carbocycles. The number of hydrogen-bond donors (Lipinski definition) is 1. The third-order valence-corrected chi connectivity index (χ3v) is 5.76. The molecule has 0 unspecified atom stereocenters. The summed E-state index contributed by atoms with van der Waals surface area (Å²) in [5, 5.41) is 0. The van der Waals surface area contributed by atoms with E-state index in [0.29, 0.717) is 30.4 Å². The standard InChI is InChI=1S/C16H22FNO4S/c1-10(2)9-13-14(22-16(18)19)4-3-12(15(13)17)11-5-7-23(20,21)8-6-11/h3-4,10-11H,5-9H2,1-2H3,(H2,18,19). The van der Waals surface area contributed by atoms with E-state index in [1.807, 2.05) is 13.8 Å². The summed E-state index contributed by atoms with van der Waals surface area (Å²) >= 11 is 0. The van der Waals surface area contributed by atoms with Crippen LogP contribution in [0.3, 0.4) is 0 Å². The topological polar surface area (TPSA) is 86.5 Å². The van der Waals surface area contributed by atoms with Crippen LogP contribution in [0.2, 0.25) is 0 Å². The molecule has 0 aromatic heterocycles. The van der Waals surface area contributed by atoms with Crippen LogP contribution in [-0.2, 0) is 16.3 Å². The molecule has 7 heteroatoms. The van der Waals surface area contributed by atoms with Gasteiger partial charge in [0.2, 0.25) is 0 Å². The first-order chi connectivity index (χ1) is 10.7. The van der Waals surface area contributed by atoms with Crippen LogP contribution >= 0.6 is 0 Å². The average molecular weight is 343 g/mol. The minimum absolute atomic E-state index is 0.0795. The molecule has 1 aromatic rings. The number of primary amides is 1. The minimum Gasteiger partial charge on any atom is -0.410 e. The molecular formula is C16H22FNO4S. The number of rotatable bonds is 4. The zero-order chi connectivity index (χ0) is 17.2. The Morgan fingerprint density at radius 3 is 2.48 bits per heavy atom. The molecule has 1 aliphatic rings. The fourth-order valence-electron chi connectivity index (χ4n) is 2.94. The maximum absolute atomic E-state index is 14.9. The SMILES string of the molecule is CC(C)Cc1c(OC(N)=O)ccc(C2CCS(=O)(=O)CC2)c1F. The molecule has 1 fully saturated rings. The molecule has 0 saturated carbocycles. The molecule has 2 rings (SSSR count). The highest BCUT2D eigenvalue weighted by Crippen LogP contribution is 2.35. The number of hydrogen-bond acceptors (Lipinski definition) is 4. The second-order valence-electron chi connectivity index (χ2n) is 6.39. The molecule has 2 N–H and O–H groups in total. The normalized spacial score (nSPS) is 18.1. The van der Waals surface area contributed by atoms with Gasteiger partial charge < -0.3 is 10.5 Å². The third-order valence-electron chi connectivity index (χ3n) is 4.05. The zero-order valence-electron chi connectivity index (χ0n) is 13.3. The molecule has 23 heavy (non-hydrogen) atoms. The van der Waals surface area contributed by atoms with Crippen LogP contribution in [0.5, 0.6) is 5.75 Å². The third kappa shape index (κ3) is 4.43. The van der Waals surface area contributed by atoms with E-state index in [2.05, 4.69) is 0 Å². The van der Waals surface area contributed by atoms with E-state index >= 15 is 0 Å². The predicted octanol–water partition coefficient (Wildman–Crippen LogP) is 2.77. The summed E-state index contributed by atoms with van der Waals surface area (Å²) in [5.74, 6) is -0.0850. The molecule has 0 radical (unpaired) electrons. The van der Waals surface area contributed by atoms with Gasteiger partial charge in [-0.3, -0.25) is 0 Å². The van der Waals surface area contributed by atoms with Gasteiger partial charge in [-0.15, -0.1) is 0 Å². The van der Waals surface area contributed by atoms with E-state index in [-0.39, 0.29) is 29.1 Å². The maximum atomic E-state index is 14.9. The Balaban J connectivity index is 2.36. The summed E-state index contributed by atoms with van der Waals surface area (Å²) < 4.78 is 42.9. The van der Waals surface area contributed by atoms with Crippen LogP contribution in [0, 0.1) is 11.7 Å². The molecule has 0 atom stereocenters. The van der Waals surface area contributed by atoms with E-state index in [4.69, 9.17) is 10.5 Å². The van der Waals surface area contributed by atoms with E-state index in [0.717, 1.165) is 0 Å². The van der Waals surface area contributed by atoms with Crippen molar-refractivity contribution < 1.29 is 22.3 Å². The van der Waals surface area contributed by atoms with Gasteiger partial charge in [-0.1, -0.05) is 19.9 Å². The van der Waals surface area contributed by atoms with Gasteiger partial charge in [0.15, 0.2) is 0 Å². The minimum atomic E-state index is -3.00. The summed E-state index contributed by atoms with van der Waals surface area (Å²) in [6, 6.07) is 3.12. The van der Waals surface area contributed by atoms with Gasteiger partial charge in [0.1, 0.15) is 21.4 Å². The molecule has 1 aliphatic heterocycles. The van der Waals surface area contributed by atoms with Gasteiger partial charge in [-0.2, -0.15) is 0 Å². The molecule has 0 spiro atoms. The molecular weight excluding hydrogens is 321 g/mol. The molecule has 5 nitrogen and oxygen atoms in total. The number of carbonyl (C=O) groups excluding carboxylic acids is 1. The molecule has 128 valence electrons. The lowest BCUT2D eigenvalue weighted by Gasteiger charge is -2.24. The number of nitrogens with two attached hydrogens (primary N) is 1. The van der Waals surface area contributed by atoms with Crippen molar-refractivity contribution >= 4 is 15.9 Å². The smallest absolute Gasteiger partial charge is 0.409 e. The van der Waals surface area contributed by atoms with Crippen molar-refractivity contribution in [2.45, 2.75) is 39.0 Å². The highest BCUT2D eigenvalue weighted by molar-refractivity contribution is 7.91. The van der Waals surface area contributed by atoms with E-state index in [1.165, 1.54) is 0 Å². The number of halogens is 1. The highest BCUT2D eigenvalue weighted by atomic mass is 32.2. The van der Waals surface area contributed by atoms with Crippen LogP contribution in [-0.4, -0.2) is 26.0 Å². The van der Waals surface area contributed by atoms with Crippen LogP contribution in [0.25, 0.3) is 0 Å². The molecule has 1 saturated heterocycles. The van der Waals surface area contributed by atoms with Crippen molar-refractivity contribution in [1.82, 2.24) is 0 Å². The van der Waals surface area contributed by atoms with Crippen molar-refractivity contribution in [1.29, 1.82) is 0 Å². The lowest BCUT2D eigenvalue weighted by molar-refractivity contribution is 0.210. The van der Waals surface area contributed by atoms with Gasteiger partial charge in [-0.05, 0) is 42.7 Å². The quantitative estimate of drug-likeness (QED) is 0.911. The van der Waals surface area contributed by atoms with E-state index in [9.17, 15) is 17.6 Å². The Morgan fingerprint density at radius 2 is 1.96 bits per heavy atom. The van der Waals surface area contributed by atoms with Crippen LogP contribution < -0.4 is 10.5 Å². The number of benzene rings is 1. The number of sulfone groups is 1. The summed E-state index contributed by atoms with van der Waals surface area (Å²) in [7, 11) is -3.00. The largest absolute Gasteiger partial charge is 0.410 e. The lowest BCUT2D eigenvalue weighted by Crippen LogP contribution is -2.23. The van der Waals surface area contributed by atoms with Gasteiger partial charge in [0.25, 0.3) is 0 Å². The van der Waals surface area contributed by atoms with Crippen molar-refractivity contribution in [3.05, 3.63) is 29.1 Å². The molecule has 0 bridgehead atoms. The Kier molecular flexibility index (Phi) is 5.29. The van der Waals surface area contributed by atoms with Crippen LogP contribution in [0.15, 0.2) is 12.1 Å². The zero-order valence-corrected chi connectivity index (χ0v) is 14.2. The Bertz CT molecular complexity index is 686. The Labute approximate surface area is 135 Å². The van der Waals surface area contributed by atoms with Crippen molar-refractivity contribution in [3.63, 3.8) is 0 Å². The van der Waals surface area contributed by atoms with Gasteiger partial charge in [0, 0.05) is 5.56 Å². The van der Waals surface area contributed by atoms with Crippen LogP contribution in [0.4, 0.5) is 9.18 Å². The first-order valence-corrected chi connectivity index (χ1v) is 9.50. The van der Waals surface area contributed by atoms with Crippen molar-refractivity contribution in [3.8, 4) is 5.75 Å². The molecule has 1 amide bonds. The number of ether oxygens (including phenoxy) is 1. The Morgan fingerprint density at radius 1 is 1.35 bits per heavy atom. The van der Waals surface area contributed by atoms with Gasteiger partial charge in [0.05, 0.1) is 11.5 Å². The van der Waals surface area contributed by atoms with E-state index < -0.39 is 21.7 Å². The predicted molar refractivity (Wildman–Crippen MR) is 85.8 cm³/mol. The van der Waals surface area contributed by atoms with Gasteiger partial charge >= 0.3 is 6.09 Å². The lowest BCUT2D eigenvalue weighted by atomic mass is 9.89.